The molecular weight excluding hydrogens is 465 g/mol. The number of carbonyl (C=O) groups excluding carboxylic acids is 1. The first-order valence-electron chi connectivity index (χ1n) is 8.00. The lowest BCUT2D eigenvalue weighted by molar-refractivity contribution is 0.0953. The van der Waals surface area contributed by atoms with Crippen molar-refractivity contribution in [2.24, 2.45) is 0 Å². The number of hydrogen-bond acceptors (Lipinski definition) is 4. The maximum Gasteiger partial charge on any atom is 0.252 e. The molecule has 0 unspecified atom stereocenters. The van der Waals surface area contributed by atoms with E-state index in [1.54, 1.807) is 6.07 Å². The minimum atomic E-state index is -3.58. The summed E-state index contributed by atoms with van der Waals surface area (Å²) in [6, 6.07) is 14.5. The molecule has 8 heteroatoms. The Labute approximate surface area is 168 Å². The van der Waals surface area contributed by atoms with E-state index >= 15 is 0 Å². The van der Waals surface area contributed by atoms with Gasteiger partial charge in [0.1, 0.15) is 0 Å². The Morgan fingerprint density at radius 1 is 1.08 bits per heavy atom. The van der Waals surface area contributed by atoms with E-state index in [2.05, 4.69) is 5.32 Å². The van der Waals surface area contributed by atoms with Gasteiger partial charge in [0.25, 0.3) is 5.91 Å². The molecule has 0 bridgehead atoms. The van der Waals surface area contributed by atoms with Crippen LogP contribution in [0.1, 0.15) is 10.4 Å². The van der Waals surface area contributed by atoms with E-state index in [0.717, 1.165) is 9.99 Å². The zero-order valence-corrected chi connectivity index (χ0v) is 17.9. The molecule has 2 aromatic carbocycles. The van der Waals surface area contributed by atoms with Crippen LogP contribution in [0.25, 0.3) is 0 Å². The predicted molar refractivity (Wildman–Crippen MR) is 112 cm³/mol. The molecule has 0 saturated heterocycles. The molecule has 1 amide bonds. The summed E-state index contributed by atoms with van der Waals surface area (Å²) < 4.78 is 26.4. The van der Waals surface area contributed by atoms with E-state index < -0.39 is 10.0 Å². The molecular formula is C18H22IN3O3S. The first-order chi connectivity index (χ1) is 12.2. The molecule has 1 N–H and O–H groups in total. The van der Waals surface area contributed by atoms with Crippen LogP contribution in [0.4, 0.5) is 5.69 Å². The highest BCUT2D eigenvalue weighted by atomic mass is 127. The van der Waals surface area contributed by atoms with Crippen molar-refractivity contribution in [3.63, 3.8) is 0 Å². The third-order valence-electron chi connectivity index (χ3n) is 3.89. The number of halogens is 1. The van der Waals surface area contributed by atoms with Gasteiger partial charge >= 0.3 is 0 Å². The number of nitrogens with zero attached hydrogens (tertiary/aromatic N) is 2. The minimum Gasteiger partial charge on any atom is -0.373 e. The second-order valence-electron chi connectivity index (χ2n) is 5.94. The van der Waals surface area contributed by atoms with E-state index in [1.807, 2.05) is 64.9 Å². The zero-order chi connectivity index (χ0) is 19.3. The summed E-state index contributed by atoms with van der Waals surface area (Å²) in [5, 5.41) is 2.85. The van der Waals surface area contributed by atoms with Gasteiger partial charge in [-0.25, -0.2) is 12.7 Å². The Bertz CT molecular complexity index is 871. The van der Waals surface area contributed by atoms with E-state index in [1.165, 1.54) is 26.2 Å². The standard InChI is InChI=1S/C18H22IN3O3S/c1-21(2)26(24,25)15-9-10-17(19)16(13-15)18(23)20-11-12-22(3)14-7-5-4-6-8-14/h4-10,13H,11-12H2,1-3H3,(H,20,23). The molecule has 140 valence electrons. The van der Waals surface area contributed by atoms with Crippen molar-refractivity contribution in [1.29, 1.82) is 0 Å². The van der Waals surface area contributed by atoms with Gasteiger partial charge < -0.3 is 10.2 Å². The smallest absolute Gasteiger partial charge is 0.252 e. The molecule has 6 nitrogen and oxygen atoms in total. The van der Waals surface area contributed by atoms with Gasteiger partial charge in [0.2, 0.25) is 10.0 Å². The van der Waals surface area contributed by atoms with Gasteiger partial charge in [0.05, 0.1) is 10.5 Å². The molecule has 0 spiro atoms. The van der Waals surface area contributed by atoms with Gasteiger partial charge in [0, 0.05) is 43.5 Å². The summed E-state index contributed by atoms with van der Waals surface area (Å²) in [5.41, 5.74) is 1.42. The number of sulfonamides is 1. The topological polar surface area (TPSA) is 69.7 Å². The molecule has 0 aliphatic rings. The highest BCUT2D eigenvalue weighted by Crippen LogP contribution is 2.20. The molecule has 0 aliphatic carbocycles. The number of rotatable bonds is 7. The monoisotopic (exact) mass is 487 g/mol. The second kappa shape index (κ2) is 8.83. The van der Waals surface area contributed by atoms with E-state index in [-0.39, 0.29) is 10.8 Å². The fourth-order valence-electron chi connectivity index (χ4n) is 2.29. The van der Waals surface area contributed by atoms with Crippen molar-refractivity contribution in [3.05, 3.63) is 57.7 Å². The largest absolute Gasteiger partial charge is 0.373 e. The predicted octanol–water partition coefficient (Wildman–Crippen LogP) is 2.41. The van der Waals surface area contributed by atoms with Crippen molar-refractivity contribution >= 4 is 44.2 Å². The summed E-state index contributed by atoms with van der Waals surface area (Å²) in [5.74, 6) is -0.285. The van der Waals surface area contributed by atoms with Crippen molar-refractivity contribution in [3.8, 4) is 0 Å². The van der Waals surface area contributed by atoms with Crippen LogP contribution in [-0.2, 0) is 10.0 Å². The normalized spacial score (nSPS) is 11.4. The summed E-state index contributed by atoms with van der Waals surface area (Å²) in [6.45, 7) is 1.09. The van der Waals surface area contributed by atoms with Crippen molar-refractivity contribution in [2.75, 3.05) is 39.1 Å². The maximum atomic E-state index is 12.5. The van der Waals surface area contributed by atoms with Crippen LogP contribution in [0.15, 0.2) is 53.4 Å². The third kappa shape index (κ3) is 4.95. The lowest BCUT2D eigenvalue weighted by Gasteiger charge is -2.19. The van der Waals surface area contributed by atoms with Gasteiger partial charge in [-0.1, -0.05) is 18.2 Å². The summed E-state index contributed by atoms with van der Waals surface area (Å²) in [4.78, 5) is 14.6. The lowest BCUT2D eigenvalue weighted by Crippen LogP contribution is -2.33. The van der Waals surface area contributed by atoms with Gasteiger partial charge in [-0.3, -0.25) is 4.79 Å². The van der Waals surface area contributed by atoms with Crippen LogP contribution < -0.4 is 10.2 Å². The highest BCUT2D eigenvalue weighted by molar-refractivity contribution is 14.1. The molecule has 0 fully saturated rings. The lowest BCUT2D eigenvalue weighted by atomic mass is 10.2. The van der Waals surface area contributed by atoms with Crippen LogP contribution >= 0.6 is 22.6 Å². The second-order valence-corrected chi connectivity index (χ2v) is 9.26. The number of nitrogens with one attached hydrogen (secondary N) is 1. The van der Waals surface area contributed by atoms with Crippen LogP contribution in [0.2, 0.25) is 0 Å². The number of hydrogen-bond donors (Lipinski definition) is 1. The molecule has 0 aliphatic heterocycles. The van der Waals surface area contributed by atoms with Crippen molar-refractivity contribution in [2.45, 2.75) is 4.90 Å². The summed E-state index contributed by atoms with van der Waals surface area (Å²) >= 11 is 2.03. The van der Waals surface area contributed by atoms with E-state index in [9.17, 15) is 13.2 Å². The SMILES string of the molecule is CN(CCNC(=O)c1cc(S(=O)(=O)N(C)C)ccc1I)c1ccccc1. The molecule has 0 atom stereocenters. The van der Waals surface area contributed by atoms with E-state index in [4.69, 9.17) is 0 Å². The van der Waals surface area contributed by atoms with Gasteiger partial charge in [-0.15, -0.1) is 0 Å². The molecule has 2 rings (SSSR count). The molecule has 0 saturated carbocycles. The molecule has 26 heavy (non-hydrogen) atoms. The minimum absolute atomic E-state index is 0.106. The van der Waals surface area contributed by atoms with Gasteiger partial charge in [-0.2, -0.15) is 0 Å². The van der Waals surface area contributed by atoms with Gasteiger partial charge in [0.15, 0.2) is 0 Å². The summed E-state index contributed by atoms with van der Waals surface area (Å²) in [7, 11) is 1.31. The average molecular weight is 487 g/mol. The Morgan fingerprint density at radius 3 is 2.35 bits per heavy atom. The highest BCUT2D eigenvalue weighted by Gasteiger charge is 2.20. The van der Waals surface area contributed by atoms with Crippen molar-refractivity contribution < 1.29 is 13.2 Å². The fraction of sp³-hybridized carbons (Fsp3) is 0.278. The van der Waals surface area contributed by atoms with Crippen LogP contribution in [-0.4, -0.2) is 52.9 Å². The van der Waals surface area contributed by atoms with E-state index in [0.29, 0.717) is 22.2 Å². The van der Waals surface area contributed by atoms with Gasteiger partial charge in [-0.05, 0) is 52.9 Å². The fourth-order valence-corrected chi connectivity index (χ4v) is 3.80. The Morgan fingerprint density at radius 2 is 1.73 bits per heavy atom. The first kappa shape index (κ1) is 20.7. The first-order valence-corrected chi connectivity index (χ1v) is 10.5. The van der Waals surface area contributed by atoms with Crippen molar-refractivity contribution in [1.82, 2.24) is 9.62 Å². The molecule has 2 aromatic rings. The third-order valence-corrected chi connectivity index (χ3v) is 6.64. The number of likely N-dealkylation sites (N-methyl/N-ethyl adjacent to an activating group) is 1. The molecule has 0 heterocycles. The number of benzene rings is 2. The Balaban J connectivity index is 2.05. The van der Waals surface area contributed by atoms with Crippen LogP contribution in [0.5, 0.6) is 0 Å². The Hall–Kier alpha value is -1.65. The number of amides is 1. The zero-order valence-electron chi connectivity index (χ0n) is 14.9. The average Bonchev–Trinajstić information content (AvgIpc) is 2.62. The van der Waals surface area contributed by atoms with Crippen LogP contribution in [0.3, 0.4) is 0 Å². The quantitative estimate of drug-likeness (QED) is 0.610. The van der Waals surface area contributed by atoms with Crippen LogP contribution in [0, 0.1) is 3.57 Å². The number of carbonyl (C=O) groups is 1. The molecule has 0 radical (unpaired) electrons. The number of para-hydroxylation sites is 1. The summed E-state index contributed by atoms with van der Waals surface area (Å²) in [6.07, 6.45) is 0. The molecule has 0 aromatic heterocycles. The Kier molecular flexibility index (Phi) is 7.01. The maximum absolute atomic E-state index is 12.5. The number of anilines is 1.